The van der Waals surface area contributed by atoms with Gasteiger partial charge in [-0.25, -0.2) is 0 Å². The van der Waals surface area contributed by atoms with Gasteiger partial charge in [0.05, 0.1) is 0 Å². The Kier molecular flexibility index (Phi) is 4.57. The molecule has 0 amide bonds. The van der Waals surface area contributed by atoms with E-state index in [4.69, 9.17) is 5.11 Å². The molecule has 1 aromatic rings. The summed E-state index contributed by atoms with van der Waals surface area (Å²) in [6.45, 7) is 3.36. The lowest BCUT2D eigenvalue weighted by Gasteiger charge is -2.16. The second-order valence-corrected chi connectivity index (χ2v) is 4.95. The Morgan fingerprint density at radius 3 is 2.88 bits per heavy atom. The largest absolute Gasteiger partial charge is 0.396 e. The van der Waals surface area contributed by atoms with Crippen molar-refractivity contribution >= 4 is 0 Å². The van der Waals surface area contributed by atoms with Crippen LogP contribution in [0.25, 0.3) is 0 Å². The number of nitrogens with one attached hydrogen (secondary N) is 1. The molecule has 0 bridgehead atoms. The Morgan fingerprint density at radius 1 is 1.29 bits per heavy atom. The second kappa shape index (κ2) is 6.18. The quantitative estimate of drug-likeness (QED) is 0.791. The van der Waals surface area contributed by atoms with Gasteiger partial charge in [-0.2, -0.15) is 0 Å². The zero-order chi connectivity index (χ0) is 12.1. The van der Waals surface area contributed by atoms with E-state index in [9.17, 15) is 0 Å². The van der Waals surface area contributed by atoms with Gasteiger partial charge in [-0.15, -0.1) is 0 Å². The molecule has 0 aromatic heterocycles. The van der Waals surface area contributed by atoms with Crippen LogP contribution in [0.15, 0.2) is 18.2 Å². The Bertz CT molecular complexity index is 362. The third-order valence-electron chi connectivity index (χ3n) is 3.73. The van der Waals surface area contributed by atoms with Gasteiger partial charge in [0.25, 0.3) is 0 Å². The Hall–Kier alpha value is -0.860. The van der Waals surface area contributed by atoms with E-state index in [1.54, 1.807) is 5.56 Å². The van der Waals surface area contributed by atoms with Crippen LogP contribution >= 0.6 is 0 Å². The zero-order valence-corrected chi connectivity index (χ0v) is 10.7. The van der Waals surface area contributed by atoms with Crippen LogP contribution in [0.2, 0.25) is 0 Å². The third kappa shape index (κ3) is 3.30. The predicted molar refractivity (Wildman–Crippen MR) is 71.1 cm³/mol. The summed E-state index contributed by atoms with van der Waals surface area (Å²) in [5.74, 6) is 0. The maximum absolute atomic E-state index is 8.95. The highest BCUT2D eigenvalue weighted by Crippen LogP contribution is 2.22. The molecule has 94 valence electrons. The molecular weight excluding hydrogens is 210 g/mol. The molecule has 2 heteroatoms. The van der Waals surface area contributed by atoms with Crippen molar-refractivity contribution in [2.24, 2.45) is 0 Å². The van der Waals surface area contributed by atoms with Crippen molar-refractivity contribution in [2.75, 3.05) is 6.61 Å². The average Bonchev–Trinajstić information content (AvgIpc) is 2.81. The SMILES string of the molecule is CCC(CCO)NCc1ccc2c(c1)CCC2. The maximum atomic E-state index is 8.95. The van der Waals surface area contributed by atoms with Crippen LogP contribution in [0, 0.1) is 0 Å². The average molecular weight is 233 g/mol. The summed E-state index contributed by atoms with van der Waals surface area (Å²) < 4.78 is 0. The standard InChI is InChI=1S/C15H23NO/c1-2-15(8-9-17)16-11-12-6-7-13-4-3-5-14(13)10-12/h6-7,10,15-17H,2-5,8-9,11H2,1H3. The number of aryl methyl sites for hydroxylation is 2. The highest BCUT2D eigenvalue weighted by molar-refractivity contribution is 5.35. The summed E-state index contributed by atoms with van der Waals surface area (Å²) >= 11 is 0. The van der Waals surface area contributed by atoms with E-state index in [1.165, 1.54) is 30.4 Å². The van der Waals surface area contributed by atoms with Crippen molar-refractivity contribution in [3.05, 3.63) is 34.9 Å². The van der Waals surface area contributed by atoms with Gasteiger partial charge < -0.3 is 10.4 Å². The molecule has 0 fully saturated rings. The van der Waals surface area contributed by atoms with Crippen molar-refractivity contribution in [1.82, 2.24) is 5.32 Å². The van der Waals surface area contributed by atoms with Gasteiger partial charge in [0.15, 0.2) is 0 Å². The van der Waals surface area contributed by atoms with Gasteiger partial charge in [0.2, 0.25) is 0 Å². The lowest BCUT2D eigenvalue weighted by atomic mass is 10.1. The summed E-state index contributed by atoms with van der Waals surface area (Å²) in [4.78, 5) is 0. The van der Waals surface area contributed by atoms with Crippen molar-refractivity contribution < 1.29 is 5.11 Å². The normalized spacial score (nSPS) is 15.9. The van der Waals surface area contributed by atoms with E-state index in [0.717, 1.165) is 19.4 Å². The fourth-order valence-electron chi connectivity index (χ4n) is 2.60. The minimum absolute atomic E-state index is 0.274. The first kappa shape index (κ1) is 12.6. The molecule has 1 unspecified atom stereocenters. The molecular formula is C15H23NO. The summed E-state index contributed by atoms with van der Waals surface area (Å²) in [7, 11) is 0. The molecule has 0 saturated carbocycles. The minimum atomic E-state index is 0.274. The highest BCUT2D eigenvalue weighted by Gasteiger charge is 2.11. The van der Waals surface area contributed by atoms with Gasteiger partial charge in [-0.05, 0) is 48.8 Å². The molecule has 2 N–H and O–H groups in total. The molecule has 1 aromatic carbocycles. The van der Waals surface area contributed by atoms with Gasteiger partial charge in [0.1, 0.15) is 0 Å². The number of aliphatic hydroxyl groups excluding tert-OH is 1. The van der Waals surface area contributed by atoms with Gasteiger partial charge in [-0.3, -0.25) is 0 Å². The molecule has 17 heavy (non-hydrogen) atoms. The lowest BCUT2D eigenvalue weighted by molar-refractivity contribution is 0.262. The van der Waals surface area contributed by atoms with Crippen molar-refractivity contribution in [3.63, 3.8) is 0 Å². The van der Waals surface area contributed by atoms with Crippen LogP contribution in [0.1, 0.15) is 42.9 Å². The smallest absolute Gasteiger partial charge is 0.0445 e. The number of aliphatic hydroxyl groups is 1. The molecule has 1 aliphatic carbocycles. The van der Waals surface area contributed by atoms with E-state index in [0.29, 0.717) is 6.04 Å². The second-order valence-electron chi connectivity index (χ2n) is 4.95. The first-order valence-electron chi connectivity index (χ1n) is 6.78. The first-order chi connectivity index (χ1) is 8.33. The van der Waals surface area contributed by atoms with E-state index in [1.807, 2.05) is 0 Å². The Morgan fingerprint density at radius 2 is 2.12 bits per heavy atom. The number of hydrogen-bond donors (Lipinski definition) is 2. The minimum Gasteiger partial charge on any atom is -0.396 e. The number of hydrogen-bond acceptors (Lipinski definition) is 2. The fraction of sp³-hybridized carbons (Fsp3) is 0.600. The van der Waals surface area contributed by atoms with Crippen molar-refractivity contribution in [2.45, 2.75) is 51.6 Å². The molecule has 2 nitrogen and oxygen atoms in total. The van der Waals surface area contributed by atoms with Crippen LogP contribution in [0.4, 0.5) is 0 Å². The zero-order valence-electron chi connectivity index (χ0n) is 10.7. The molecule has 2 rings (SSSR count). The lowest BCUT2D eigenvalue weighted by Crippen LogP contribution is -2.28. The monoisotopic (exact) mass is 233 g/mol. The summed E-state index contributed by atoms with van der Waals surface area (Å²) in [5, 5.41) is 12.5. The Labute approximate surface area is 104 Å². The predicted octanol–water partition coefficient (Wildman–Crippen LogP) is 2.43. The van der Waals surface area contributed by atoms with Crippen LogP contribution in [0.5, 0.6) is 0 Å². The van der Waals surface area contributed by atoms with Gasteiger partial charge in [-0.1, -0.05) is 25.1 Å². The first-order valence-corrected chi connectivity index (χ1v) is 6.78. The van der Waals surface area contributed by atoms with E-state index < -0.39 is 0 Å². The molecule has 1 aliphatic rings. The molecule has 0 saturated heterocycles. The van der Waals surface area contributed by atoms with Crippen molar-refractivity contribution in [1.29, 1.82) is 0 Å². The van der Waals surface area contributed by atoms with E-state index in [-0.39, 0.29) is 6.61 Å². The van der Waals surface area contributed by atoms with Crippen LogP contribution in [-0.4, -0.2) is 17.8 Å². The number of rotatable bonds is 6. The maximum Gasteiger partial charge on any atom is 0.0445 e. The highest BCUT2D eigenvalue weighted by atomic mass is 16.3. The van der Waals surface area contributed by atoms with Crippen LogP contribution in [0.3, 0.4) is 0 Å². The van der Waals surface area contributed by atoms with Crippen LogP contribution in [-0.2, 0) is 19.4 Å². The summed E-state index contributed by atoms with van der Waals surface area (Å²) in [6, 6.07) is 7.31. The van der Waals surface area contributed by atoms with E-state index >= 15 is 0 Å². The van der Waals surface area contributed by atoms with E-state index in [2.05, 4.69) is 30.4 Å². The third-order valence-corrected chi connectivity index (χ3v) is 3.73. The summed E-state index contributed by atoms with van der Waals surface area (Å²) in [5.41, 5.74) is 4.46. The fourth-order valence-corrected chi connectivity index (χ4v) is 2.60. The molecule has 0 heterocycles. The van der Waals surface area contributed by atoms with Crippen LogP contribution < -0.4 is 5.32 Å². The van der Waals surface area contributed by atoms with Gasteiger partial charge in [0, 0.05) is 19.2 Å². The van der Waals surface area contributed by atoms with Gasteiger partial charge >= 0.3 is 0 Å². The molecule has 1 atom stereocenters. The van der Waals surface area contributed by atoms with Crippen molar-refractivity contribution in [3.8, 4) is 0 Å². The summed E-state index contributed by atoms with van der Waals surface area (Å²) in [6.07, 6.45) is 5.74. The molecule has 0 spiro atoms. The topological polar surface area (TPSA) is 32.3 Å². The molecule has 0 aliphatic heterocycles. The number of fused-ring (bicyclic) bond motifs is 1. The number of benzene rings is 1. The Balaban J connectivity index is 1.90. The molecule has 0 radical (unpaired) electrons.